The zero-order chi connectivity index (χ0) is 26.9. The molecule has 5 aromatic rings. The molecule has 11 heteroatoms. The Balaban J connectivity index is 0.00000353. The molecule has 0 saturated carbocycles. The zero-order valence-corrected chi connectivity index (χ0v) is 22.6. The van der Waals surface area contributed by atoms with E-state index in [-0.39, 0.29) is 22.9 Å². The second-order valence-electron chi connectivity index (χ2n) is 8.46. The summed E-state index contributed by atoms with van der Waals surface area (Å²) in [5, 5.41) is 6.17. The van der Waals surface area contributed by atoms with E-state index in [4.69, 9.17) is 0 Å². The van der Waals surface area contributed by atoms with E-state index in [1.807, 2.05) is 6.07 Å². The van der Waals surface area contributed by atoms with E-state index < -0.39 is 10.1 Å². The number of rotatable bonds is 6. The first kappa shape index (κ1) is 27.6. The summed E-state index contributed by atoms with van der Waals surface area (Å²) < 4.78 is 35.6. The van der Waals surface area contributed by atoms with Gasteiger partial charge in [-0.25, -0.2) is 13.4 Å². The third-order valence-corrected chi connectivity index (χ3v) is 8.08. The summed E-state index contributed by atoms with van der Waals surface area (Å²) in [5.41, 5.74) is 3.61. The van der Waals surface area contributed by atoms with Gasteiger partial charge in [0.1, 0.15) is 15.1 Å². The van der Waals surface area contributed by atoms with Crippen molar-refractivity contribution < 1.29 is 22.6 Å². The predicted molar refractivity (Wildman–Crippen MR) is 153 cm³/mol. The summed E-state index contributed by atoms with van der Waals surface area (Å²) in [7, 11) is -4.64. The summed E-state index contributed by atoms with van der Waals surface area (Å²) in [4.78, 5) is 29.2. The molecule has 0 bridgehead atoms. The molecule has 4 aromatic carbocycles. The summed E-state index contributed by atoms with van der Waals surface area (Å²) in [5.74, 6) is -0.559. The highest BCUT2D eigenvalue weighted by atomic mass is 32.2. The SMILES string of the molecule is Cc1ccc2nc(-c3ccc(NC(=O)c4ccc(NC(=O)c5ccccc5)cc4)cc3)sc2c1S(=O)(=O)[O-].[NH4+]. The topological polar surface area (TPSA) is 165 Å². The van der Waals surface area contributed by atoms with Gasteiger partial charge >= 0.3 is 0 Å². The van der Waals surface area contributed by atoms with E-state index in [9.17, 15) is 22.6 Å². The Morgan fingerprint density at radius 3 is 1.87 bits per heavy atom. The van der Waals surface area contributed by atoms with E-state index in [1.165, 1.54) is 0 Å². The van der Waals surface area contributed by atoms with Crippen molar-refractivity contribution in [3.63, 3.8) is 0 Å². The molecule has 0 radical (unpaired) electrons. The molecule has 198 valence electrons. The Bertz CT molecular complexity index is 1770. The fourth-order valence-corrected chi connectivity index (χ4v) is 6.19. The third-order valence-electron chi connectivity index (χ3n) is 5.79. The van der Waals surface area contributed by atoms with Crippen molar-refractivity contribution in [2.45, 2.75) is 11.8 Å². The van der Waals surface area contributed by atoms with Gasteiger partial charge in [-0.1, -0.05) is 24.3 Å². The van der Waals surface area contributed by atoms with Crippen LogP contribution in [0.15, 0.2) is 95.9 Å². The summed E-state index contributed by atoms with van der Waals surface area (Å²) >= 11 is 1.13. The molecule has 0 spiro atoms. The van der Waals surface area contributed by atoms with E-state index in [0.29, 0.717) is 43.3 Å². The normalized spacial score (nSPS) is 11.0. The minimum atomic E-state index is -4.64. The second-order valence-corrected chi connectivity index (χ2v) is 10.8. The highest BCUT2D eigenvalue weighted by molar-refractivity contribution is 7.86. The van der Waals surface area contributed by atoms with Crippen LogP contribution in [0.25, 0.3) is 20.8 Å². The Kier molecular flexibility index (Phi) is 7.88. The smallest absolute Gasteiger partial charge is 0.255 e. The first-order valence-electron chi connectivity index (χ1n) is 11.4. The molecule has 1 aromatic heterocycles. The van der Waals surface area contributed by atoms with Gasteiger partial charge in [-0.2, -0.15) is 0 Å². The maximum Gasteiger partial charge on any atom is 0.255 e. The van der Waals surface area contributed by atoms with Gasteiger partial charge in [0.2, 0.25) is 0 Å². The van der Waals surface area contributed by atoms with Crippen LogP contribution < -0.4 is 16.8 Å². The molecule has 9 nitrogen and oxygen atoms in total. The van der Waals surface area contributed by atoms with E-state index in [0.717, 1.165) is 16.9 Å². The van der Waals surface area contributed by atoms with Crippen molar-refractivity contribution in [2.24, 2.45) is 0 Å². The number of amides is 2. The zero-order valence-electron chi connectivity index (χ0n) is 21.0. The average Bonchev–Trinajstić information content (AvgIpc) is 3.33. The van der Waals surface area contributed by atoms with Crippen molar-refractivity contribution >= 4 is 54.9 Å². The maximum absolute atomic E-state index is 12.7. The molecular weight excluding hydrogens is 536 g/mol. The monoisotopic (exact) mass is 560 g/mol. The minimum absolute atomic E-state index is 0. The van der Waals surface area contributed by atoms with Gasteiger partial charge in [0.25, 0.3) is 11.8 Å². The minimum Gasteiger partial charge on any atom is -0.744 e. The second kappa shape index (κ2) is 11.1. The number of carbonyl (C=O) groups excluding carboxylic acids is 2. The van der Waals surface area contributed by atoms with Crippen LogP contribution >= 0.6 is 11.3 Å². The summed E-state index contributed by atoms with van der Waals surface area (Å²) in [6.07, 6.45) is 0. The largest absolute Gasteiger partial charge is 0.744 e. The lowest BCUT2D eigenvalue weighted by Crippen LogP contribution is -2.13. The number of quaternary nitrogens is 1. The molecule has 0 aliphatic carbocycles. The van der Waals surface area contributed by atoms with Crippen molar-refractivity contribution in [3.05, 3.63) is 108 Å². The van der Waals surface area contributed by atoms with Crippen molar-refractivity contribution in [2.75, 3.05) is 10.6 Å². The predicted octanol–water partition coefficient (Wildman–Crippen LogP) is 6.06. The van der Waals surface area contributed by atoms with Crippen molar-refractivity contribution in [1.29, 1.82) is 0 Å². The summed E-state index contributed by atoms with van der Waals surface area (Å²) in [6.45, 7) is 1.58. The summed E-state index contributed by atoms with van der Waals surface area (Å²) in [6, 6.07) is 25.6. The van der Waals surface area contributed by atoms with Crippen LogP contribution in [0.4, 0.5) is 11.4 Å². The Morgan fingerprint density at radius 2 is 1.31 bits per heavy atom. The van der Waals surface area contributed by atoms with E-state index >= 15 is 0 Å². The first-order chi connectivity index (χ1) is 18.2. The molecule has 0 unspecified atom stereocenters. The van der Waals surface area contributed by atoms with Gasteiger partial charge in [-0.3, -0.25) is 9.59 Å². The number of thiazole rings is 1. The fraction of sp³-hybridized carbons (Fsp3) is 0.0357. The quantitative estimate of drug-likeness (QED) is 0.214. The van der Waals surface area contributed by atoms with Crippen molar-refractivity contribution in [3.8, 4) is 10.6 Å². The van der Waals surface area contributed by atoms with Crippen LogP contribution in [-0.2, 0) is 10.1 Å². The van der Waals surface area contributed by atoms with Gasteiger partial charge in [0.15, 0.2) is 0 Å². The lowest BCUT2D eigenvalue weighted by Gasteiger charge is -2.10. The van der Waals surface area contributed by atoms with Crippen LogP contribution in [0.2, 0.25) is 0 Å². The lowest BCUT2D eigenvalue weighted by atomic mass is 10.1. The van der Waals surface area contributed by atoms with Crippen LogP contribution in [0.3, 0.4) is 0 Å². The van der Waals surface area contributed by atoms with Gasteiger partial charge in [0.05, 0.1) is 15.1 Å². The Labute approximate surface area is 228 Å². The van der Waals surface area contributed by atoms with Crippen LogP contribution in [0.1, 0.15) is 26.3 Å². The number of carbonyl (C=O) groups is 2. The molecule has 39 heavy (non-hydrogen) atoms. The number of anilines is 2. The van der Waals surface area contributed by atoms with Crippen LogP contribution in [0.5, 0.6) is 0 Å². The number of hydrogen-bond donors (Lipinski definition) is 3. The fourth-order valence-electron chi connectivity index (χ4n) is 3.90. The Morgan fingerprint density at radius 1 is 0.769 bits per heavy atom. The number of benzene rings is 4. The maximum atomic E-state index is 12.7. The molecule has 0 aliphatic heterocycles. The van der Waals surface area contributed by atoms with Gasteiger partial charge in [0, 0.05) is 28.1 Å². The Hall–Kier alpha value is -4.42. The van der Waals surface area contributed by atoms with Gasteiger partial charge in [-0.15, -0.1) is 11.3 Å². The van der Waals surface area contributed by atoms with Crippen LogP contribution in [0, 0.1) is 6.92 Å². The number of aryl methyl sites for hydroxylation is 1. The number of nitrogens with zero attached hydrogens (tertiary/aromatic N) is 1. The van der Waals surface area contributed by atoms with E-state index in [1.54, 1.807) is 91.9 Å². The number of fused-ring (bicyclic) bond motifs is 1. The molecule has 2 amide bonds. The van der Waals surface area contributed by atoms with Crippen molar-refractivity contribution in [1.82, 2.24) is 11.1 Å². The third kappa shape index (κ3) is 6.02. The average molecular weight is 561 g/mol. The molecule has 0 fully saturated rings. The van der Waals surface area contributed by atoms with Crippen LogP contribution in [-0.4, -0.2) is 29.8 Å². The van der Waals surface area contributed by atoms with Gasteiger partial charge < -0.3 is 21.3 Å². The highest BCUT2D eigenvalue weighted by Crippen LogP contribution is 2.36. The molecular formula is C28H24N4O5S2. The lowest BCUT2D eigenvalue weighted by molar-refractivity contribution is 0.102. The molecule has 5 rings (SSSR count). The van der Waals surface area contributed by atoms with E-state index in [2.05, 4.69) is 15.6 Å². The molecule has 1 heterocycles. The molecule has 0 atom stereocenters. The molecule has 0 aliphatic rings. The number of hydrogen-bond acceptors (Lipinski definition) is 7. The first-order valence-corrected chi connectivity index (χ1v) is 13.7. The van der Waals surface area contributed by atoms with Gasteiger partial charge in [-0.05, 0) is 79.2 Å². The number of nitrogens with one attached hydrogen (secondary N) is 2. The highest BCUT2D eigenvalue weighted by Gasteiger charge is 2.16. The standard InChI is InChI=1S/C28H21N3O5S2.H3N/c1-17-7-16-23-24(25(17)38(34,35)36)37-28(31-23)20-10-14-22(15-11-20)30-27(33)19-8-12-21(13-9-19)29-26(32)18-5-3-2-4-6-18;/h2-16H,1H3,(H,29,32)(H,30,33)(H,34,35,36);1H3. The molecule has 6 N–H and O–H groups in total. The number of aromatic nitrogens is 1. The molecule has 0 saturated heterocycles.